The van der Waals surface area contributed by atoms with Gasteiger partial charge in [0, 0.05) is 10.6 Å². The van der Waals surface area contributed by atoms with Gasteiger partial charge in [-0.2, -0.15) is 5.10 Å². The maximum atomic E-state index is 12.1. The molecule has 0 fully saturated rings. The molecule has 3 aromatic rings. The van der Waals surface area contributed by atoms with E-state index in [4.69, 9.17) is 21.1 Å². The van der Waals surface area contributed by atoms with Crippen molar-refractivity contribution in [3.8, 4) is 11.5 Å². The monoisotopic (exact) mass is 564 g/mol. The minimum Gasteiger partial charge on any atom is -0.490 e. The van der Waals surface area contributed by atoms with Gasteiger partial charge in [0.05, 0.1) is 16.4 Å². The second kappa shape index (κ2) is 11.8. The van der Waals surface area contributed by atoms with Crippen molar-refractivity contribution in [2.45, 2.75) is 19.6 Å². The lowest BCUT2D eigenvalue weighted by Gasteiger charge is -2.15. The normalized spacial score (nSPS) is 11.9. The Balaban J connectivity index is 1.70. The summed E-state index contributed by atoms with van der Waals surface area (Å²) in [5.41, 5.74) is 4.43. The van der Waals surface area contributed by atoms with E-state index in [9.17, 15) is 9.90 Å². The van der Waals surface area contributed by atoms with Crippen LogP contribution in [0, 0.1) is 3.57 Å². The lowest BCUT2D eigenvalue weighted by molar-refractivity contribution is -0.129. The minimum atomic E-state index is -1.30. The van der Waals surface area contributed by atoms with E-state index in [2.05, 4.69) is 33.1 Å². The number of carbonyl (C=O) groups excluding carboxylic acids is 1. The molecule has 3 rings (SSSR count). The fraction of sp³-hybridized carbons (Fsp3) is 0.167. The Morgan fingerprint density at radius 2 is 1.88 bits per heavy atom. The highest BCUT2D eigenvalue weighted by Gasteiger charge is 2.16. The lowest BCUT2D eigenvalue weighted by atomic mass is 10.1. The highest BCUT2D eigenvalue weighted by atomic mass is 127. The highest BCUT2D eigenvalue weighted by molar-refractivity contribution is 14.1. The molecule has 0 aromatic heterocycles. The molecule has 0 spiro atoms. The molecular weight excluding hydrogens is 543 g/mol. The molecule has 0 unspecified atom stereocenters. The first-order valence-electron chi connectivity index (χ1n) is 9.88. The Hall–Kier alpha value is -2.62. The third-order valence-corrected chi connectivity index (χ3v) is 5.58. The number of nitrogens with one attached hydrogen (secondary N) is 1. The molecule has 1 amide bonds. The Labute approximate surface area is 205 Å². The van der Waals surface area contributed by atoms with Crippen molar-refractivity contribution < 1.29 is 19.4 Å². The fourth-order valence-corrected chi connectivity index (χ4v) is 3.82. The van der Waals surface area contributed by atoms with Crippen LogP contribution in [-0.2, 0) is 11.4 Å². The molecule has 0 radical (unpaired) electrons. The number of rotatable bonds is 9. The zero-order valence-corrected chi connectivity index (χ0v) is 20.2. The number of hydrogen-bond acceptors (Lipinski definition) is 5. The van der Waals surface area contributed by atoms with Crippen molar-refractivity contribution in [2.24, 2.45) is 5.10 Å². The molecular formula is C24H22ClIN2O4. The second-order valence-corrected chi connectivity index (χ2v) is 8.26. The minimum absolute atomic E-state index is 0.302. The molecule has 32 heavy (non-hydrogen) atoms. The van der Waals surface area contributed by atoms with Gasteiger partial charge >= 0.3 is 0 Å². The van der Waals surface area contributed by atoms with Crippen LogP contribution in [0.4, 0.5) is 0 Å². The molecule has 8 heteroatoms. The Kier molecular flexibility index (Phi) is 8.90. The van der Waals surface area contributed by atoms with Crippen molar-refractivity contribution in [1.29, 1.82) is 0 Å². The Morgan fingerprint density at radius 1 is 1.16 bits per heavy atom. The van der Waals surface area contributed by atoms with E-state index in [1.165, 1.54) is 6.21 Å². The predicted molar refractivity (Wildman–Crippen MR) is 133 cm³/mol. The van der Waals surface area contributed by atoms with Gasteiger partial charge in [0.1, 0.15) is 6.61 Å². The number of aliphatic hydroxyl groups excluding tert-OH is 1. The van der Waals surface area contributed by atoms with Crippen LogP contribution in [-0.4, -0.2) is 23.8 Å². The number of hydrazone groups is 1. The van der Waals surface area contributed by atoms with Gasteiger partial charge in [-0.1, -0.05) is 60.1 Å². The standard InChI is InChI=1S/C24H22ClIN2O4/c1-2-31-21-13-16(14-27-28-24(30)22(29)17-8-4-3-5-9-17)12-20(26)23(21)32-15-18-10-6-7-11-19(18)25/h3-14,22,29H,2,15H2,1H3,(H,28,30)/b27-14-/t22-/m1/s1. The summed E-state index contributed by atoms with van der Waals surface area (Å²) >= 11 is 8.38. The van der Waals surface area contributed by atoms with Crippen LogP contribution in [0.15, 0.2) is 71.8 Å². The second-order valence-electron chi connectivity index (χ2n) is 6.69. The Morgan fingerprint density at radius 3 is 2.59 bits per heavy atom. The molecule has 0 aliphatic heterocycles. The van der Waals surface area contributed by atoms with Gasteiger partial charge in [0.15, 0.2) is 17.6 Å². The average Bonchev–Trinajstić information content (AvgIpc) is 2.80. The van der Waals surface area contributed by atoms with E-state index in [1.54, 1.807) is 30.3 Å². The number of hydrogen-bond donors (Lipinski definition) is 2. The maximum Gasteiger partial charge on any atom is 0.273 e. The van der Waals surface area contributed by atoms with Crippen LogP contribution in [0.5, 0.6) is 11.5 Å². The van der Waals surface area contributed by atoms with Gasteiger partial charge in [-0.15, -0.1) is 0 Å². The SMILES string of the molecule is CCOc1cc(/C=N\NC(=O)[C@H](O)c2ccccc2)cc(I)c1OCc1ccccc1Cl. The van der Waals surface area contributed by atoms with Gasteiger partial charge in [-0.05, 0) is 58.8 Å². The van der Waals surface area contributed by atoms with Gasteiger partial charge in [-0.25, -0.2) is 5.43 Å². The number of nitrogens with zero attached hydrogens (tertiary/aromatic N) is 1. The van der Waals surface area contributed by atoms with Crippen LogP contribution in [0.25, 0.3) is 0 Å². The molecule has 166 valence electrons. The van der Waals surface area contributed by atoms with E-state index >= 15 is 0 Å². The zero-order valence-electron chi connectivity index (χ0n) is 17.3. The van der Waals surface area contributed by atoms with Crippen LogP contribution < -0.4 is 14.9 Å². The summed E-state index contributed by atoms with van der Waals surface area (Å²) in [7, 11) is 0. The predicted octanol–water partition coefficient (Wildman–Crippen LogP) is 5.11. The van der Waals surface area contributed by atoms with E-state index in [-0.39, 0.29) is 0 Å². The Bertz CT molecular complexity index is 1090. The molecule has 0 saturated carbocycles. The lowest BCUT2D eigenvalue weighted by Crippen LogP contribution is -2.25. The molecule has 0 bridgehead atoms. The molecule has 0 heterocycles. The molecule has 2 N–H and O–H groups in total. The van der Waals surface area contributed by atoms with Crippen LogP contribution in [0.1, 0.15) is 29.7 Å². The third-order valence-electron chi connectivity index (χ3n) is 4.41. The summed E-state index contributed by atoms with van der Waals surface area (Å²) in [5, 5.41) is 14.7. The molecule has 0 saturated heterocycles. The van der Waals surface area contributed by atoms with Gasteiger partial charge in [-0.3, -0.25) is 4.79 Å². The van der Waals surface area contributed by atoms with Crippen molar-refractivity contribution in [1.82, 2.24) is 5.43 Å². The first-order chi connectivity index (χ1) is 15.5. The van der Waals surface area contributed by atoms with E-state index < -0.39 is 12.0 Å². The summed E-state index contributed by atoms with van der Waals surface area (Å²) in [5.74, 6) is 0.545. The number of carbonyl (C=O) groups is 1. The molecule has 3 aromatic carbocycles. The van der Waals surface area contributed by atoms with E-state index in [0.29, 0.717) is 40.9 Å². The van der Waals surface area contributed by atoms with Crippen molar-refractivity contribution in [2.75, 3.05) is 6.61 Å². The molecule has 1 atom stereocenters. The smallest absolute Gasteiger partial charge is 0.273 e. The van der Waals surface area contributed by atoms with Gasteiger partial charge < -0.3 is 14.6 Å². The summed E-state index contributed by atoms with van der Waals surface area (Å²) in [4.78, 5) is 12.1. The summed E-state index contributed by atoms with van der Waals surface area (Å²) in [6.45, 7) is 2.65. The largest absolute Gasteiger partial charge is 0.490 e. The van der Waals surface area contributed by atoms with Gasteiger partial charge in [0.25, 0.3) is 5.91 Å². The number of halogens is 2. The third kappa shape index (κ3) is 6.44. The first kappa shape index (κ1) is 24.0. The highest BCUT2D eigenvalue weighted by Crippen LogP contribution is 2.35. The maximum absolute atomic E-state index is 12.1. The number of aliphatic hydroxyl groups is 1. The van der Waals surface area contributed by atoms with Gasteiger partial charge in [0.2, 0.25) is 0 Å². The van der Waals surface area contributed by atoms with Crippen molar-refractivity contribution >= 4 is 46.3 Å². The molecule has 0 aliphatic rings. The van der Waals surface area contributed by atoms with Crippen LogP contribution in [0.3, 0.4) is 0 Å². The van der Waals surface area contributed by atoms with E-state index in [0.717, 1.165) is 9.13 Å². The molecule has 6 nitrogen and oxygen atoms in total. The topological polar surface area (TPSA) is 80.2 Å². The number of ether oxygens (including phenoxy) is 2. The average molecular weight is 565 g/mol. The first-order valence-corrected chi connectivity index (χ1v) is 11.3. The molecule has 0 aliphatic carbocycles. The van der Waals surface area contributed by atoms with Crippen molar-refractivity contribution in [3.05, 3.63) is 92.0 Å². The quantitative estimate of drug-likeness (QED) is 0.215. The van der Waals surface area contributed by atoms with E-state index in [1.807, 2.05) is 43.3 Å². The zero-order chi connectivity index (χ0) is 22.9. The number of benzene rings is 3. The fourth-order valence-electron chi connectivity index (χ4n) is 2.85. The summed E-state index contributed by atoms with van der Waals surface area (Å²) < 4.78 is 12.6. The van der Waals surface area contributed by atoms with Crippen LogP contribution in [0.2, 0.25) is 5.02 Å². The summed E-state index contributed by atoms with van der Waals surface area (Å²) in [6.07, 6.45) is 0.186. The number of amides is 1. The summed E-state index contributed by atoms with van der Waals surface area (Å²) in [6, 6.07) is 19.8. The van der Waals surface area contributed by atoms with Crippen LogP contribution >= 0.6 is 34.2 Å². The van der Waals surface area contributed by atoms with Crippen molar-refractivity contribution in [3.63, 3.8) is 0 Å².